The van der Waals surface area contributed by atoms with E-state index >= 15 is 0 Å². The molecule has 0 radical (unpaired) electrons. The number of rotatable bonds is 4. The zero-order valence-electron chi connectivity index (χ0n) is 14.7. The molecule has 2 aromatic heterocycles. The Morgan fingerprint density at radius 1 is 1.20 bits per heavy atom. The lowest BCUT2D eigenvalue weighted by molar-refractivity contribution is 0.101. The quantitative estimate of drug-likeness (QED) is 0.684. The number of ketones is 1. The highest BCUT2D eigenvalue weighted by Gasteiger charge is 2.18. The Balaban J connectivity index is 2.26. The molecule has 3 rings (SSSR count). The fraction of sp³-hybridized carbons (Fsp3) is 0.263. The molecule has 128 valence electrons. The molecule has 0 aliphatic rings. The molecule has 0 saturated heterocycles. The van der Waals surface area contributed by atoms with Crippen LogP contribution < -0.4 is 10.3 Å². The van der Waals surface area contributed by atoms with E-state index in [1.54, 1.807) is 27.2 Å². The van der Waals surface area contributed by atoms with Crippen molar-refractivity contribution in [2.24, 2.45) is 0 Å². The Kier molecular flexibility index (Phi) is 4.35. The topological polar surface area (TPSA) is 74.1 Å². The first kappa shape index (κ1) is 16.8. The Labute approximate surface area is 145 Å². The summed E-state index contributed by atoms with van der Waals surface area (Å²) in [6.07, 6.45) is 1.67. The summed E-state index contributed by atoms with van der Waals surface area (Å²) in [5.74, 6) is 1.06. The molecule has 0 bridgehead atoms. The molecule has 2 heterocycles. The predicted molar refractivity (Wildman–Crippen MR) is 95.4 cm³/mol. The van der Waals surface area contributed by atoms with Gasteiger partial charge in [-0.1, -0.05) is 12.1 Å². The first-order chi connectivity index (χ1) is 11.9. The van der Waals surface area contributed by atoms with Gasteiger partial charge in [-0.15, -0.1) is 0 Å². The number of aryl methyl sites for hydroxylation is 2. The number of hydrogen-bond donors (Lipinski definition) is 0. The van der Waals surface area contributed by atoms with Crippen LogP contribution in [-0.2, 0) is 6.54 Å². The van der Waals surface area contributed by atoms with E-state index in [1.165, 1.54) is 11.5 Å². The van der Waals surface area contributed by atoms with Crippen LogP contribution in [0.2, 0.25) is 0 Å². The van der Waals surface area contributed by atoms with Crippen LogP contribution in [0.25, 0.3) is 11.0 Å². The van der Waals surface area contributed by atoms with Crippen molar-refractivity contribution in [1.29, 1.82) is 0 Å². The summed E-state index contributed by atoms with van der Waals surface area (Å²) < 4.78 is 6.70. The maximum atomic E-state index is 12.9. The molecule has 0 aliphatic carbocycles. The molecule has 6 heteroatoms. The number of nitrogens with zero attached hydrogens (tertiary/aromatic N) is 3. The van der Waals surface area contributed by atoms with Gasteiger partial charge in [-0.25, -0.2) is 9.97 Å². The van der Waals surface area contributed by atoms with Gasteiger partial charge in [0.1, 0.15) is 17.2 Å². The monoisotopic (exact) mass is 337 g/mol. The van der Waals surface area contributed by atoms with Crippen molar-refractivity contribution in [3.8, 4) is 5.75 Å². The lowest BCUT2D eigenvalue weighted by Crippen LogP contribution is -2.28. The van der Waals surface area contributed by atoms with Gasteiger partial charge in [-0.2, -0.15) is 0 Å². The molecule has 1 aromatic carbocycles. The highest BCUT2D eigenvalue weighted by molar-refractivity contribution is 5.99. The maximum absolute atomic E-state index is 12.9. The molecule has 0 unspecified atom stereocenters. The van der Waals surface area contributed by atoms with Gasteiger partial charge in [0.15, 0.2) is 5.78 Å². The number of aromatic nitrogens is 3. The van der Waals surface area contributed by atoms with E-state index in [-0.39, 0.29) is 16.9 Å². The van der Waals surface area contributed by atoms with E-state index in [0.717, 1.165) is 11.3 Å². The van der Waals surface area contributed by atoms with Crippen molar-refractivity contribution in [3.05, 3.63) is 63.3 Å². The van der Waals surface area contributed by atoms with E-state index in [0.29, 0.717) is 29.0 Å². The minimum Gasteiger partial charge on any atom is -0.497 e. The van der Waals surface area contributed by atoms with E-state index < -0.39 is 0 Å². The minimum atomic E-state index is -0.327. The van der Waals surface area contributed by atoms with E-state index in [2.05, 4.69) is 9.97 Å². The van der Waals surface area contributed by atoms with Crippen LogP contribution in [0.3, 0.4) is 0 Å². The fourth-order valence-corrected chi connectivity index (χ4v) is 2.93. The lowest BCUT2D eigenvalue weighted by Gasteiger charge is -2.14. The summed E-state index contributed by atoms with van der Waals surface area (Å²) in [6.45, 7) is 5.26. The van der Waals surface area contributed by atoms with Gasteiger partial charge in [0.25, 0.3) is 5.56 Å². The summed E-state index contributed by atoms with van der Waals surface area (Å²) in [4.78, 5) is 33.6. The van der Waals surface area contributed by atoms with Gasteiger partial charge in [0.2, 0.25) is 0 Å². The van der Waals surface area contributed by atoms with Crippen LogP contribution in [0.4, 0.5) is 0 Å². The number of carbonyl (C=O) groups excluding carboxylic acids is 1. The highest BCUT2D eigenvalue weighted by atomic mass is 16.5. The smallest absolute Gasteiger partial charge is 0.263 e. The third kappa shape index (κ3) is 3.03. The van der Waals surface area contributed by atoms with Crippen molar-refractivity contribution < 1.29 is 9.53 Å². The Morgan fingerprint density at radius 2 is 1.88 bits per heavy atom. The molecular weight excluding hydrogens is 318 g/mol. The second-order valence-electron chi connectivity index (χ2n) is 5.95. The summed E-state index contributed by atoms with van der Waals surface area (Å²) in [6, 6.07) is 7.45. The zero-order chi connectivity index (χ0) is 18.1. The van der Waals surface area contributed by atoms with E-state index in [4.69, 9.17) is 4.74 Å². The number of carbonyl (C=O) groups is 1. The minimum absolute atomic E-state index is 0.188. The summed E-state index contributed by atoms with van der Waals surface area (Å²) in [5.41, 5.74) is 1.94. The average Bonchev–Trinajstić information content (AvgIpc) is 2.58. The summed E-state index contributed by atoms with van der Waals surface area (Å²) >= 11 is 0. The average molecular weight is 337 g/mol. The normalized spacial score (nSPS) is 10.9. The number of pyridine rings is 1. The maximum Gasteiger partial charge on any atom is 0.263 e. The van der Waals surface area contributed by atoms with Crippen molar-refractivity contribution >= 4 is 16.8 Å². The van der Waals surface area contributed by atoms with Gasteiger partial charge in [-0.3, -0.25) is 14.2 Å². The Morgan fingerprint density at radius 3 is 2.48 bits per heavy atom. The summed E-state index contributed by atoms with van der Waals surface area (Å²) in [7, 11) is 1.60. The van der Waals surface area contributed by atoms with Gasteiger partial charge >= 0.3 is 0 Å². The second-order valence-corrected chi connectivity index (χ2v) is 5.95. The Hall–Kier alpha value is -3.02. The molecule has 0 atom stereocenters. The first-order valence-electron chi connectivity index (χ1n) is 7.93. The predicted octanol–water partition coefficient (Wildman–Crippen LogP) is 2.67. The van der Waals surface area contributed by atoms with Crippen LogP contribution in [0.15, 0.2) is 35.3 Å². The number of hydrogen-bond acceptors (Lipinski definition) is 5. The lowest BCUT2D eigenvalue weighted by atomic mass is 10.0. The molecule has 0 fully saturated rings. The molecule has 0 saturated carbocycles. The highest BCUT2D eigenvalue weighted by Crippen LogP contribution is 2.19. The fourth-order valence-electron chi connectivity index (χ4n) is 2.93. The molecular formula is C19H19N3O3. The van der Waals surface area contributed by atoms with Crippen molar-refractivity contribution in [2.75, 3.05) is 7.11 Å². The van der Waals surface area contributed by atoms with E-state index in [9.17, 15) is 9.59 Å². The van der Waals surface area contributed by atoms with E-state index in [1.807, 2.05) is 24.3 Å². The van der Waals surface area contributed by atoms with Crippen LogP contribution in [0.5, 0.6) is 5.75 Å². The van der Waals surface area contributed by atoms with Crippen molar-refractivity contribution in [2.45, 2.75) is 27.3 Å². The second kappa shape index (κ2) is 6.47. The molecule has 6 nitrogen and oxygen atoms in total. The molecule has 0 spiro atoms. The van der Waals surface area contributed by atoms with Crippen LogP contribution in [0.1, 0.15) is 34.2 Å². The zero-order valence-corrected chi connectivity index (χ0v) is 14.7. The van der Waals surface area contributed by atoms with Gasteiger partial charge in [0, 0.05) is 11.6 Å². The standard InChI is InChI=1S/C19H19N3O3/c1-11-16-9-20-13(3)21-18(16)22(19(24)17(11)12(2)23)10-14-5-7-15(25-4)8-6-14/h5-9H,10H2,1-4H3. The molecule has 0 N–H and O–H groups in total. The van der Waals surface area contributed by atoms with Crippen LogP contribution in [0, 0.1) is 13.8 Å². The number of Topliss-reactive ketones (excluding diaryl/α,β-unsaturated/α-hetero) is 1. The van der Waals surface area contributed by atoms with Gasteiger partial charge in [-0.05, 0) is 44.0 Å². The number of ether oxygens (including phenoxy) is 1. The molecule has 0 aliphatic heterocycles. The number of methoxy groups -OCH3 is 1. The molecule has 25 heavy (non-hydrogen) atoms. The first-order valence-corrected chi connectivity index (χ1v) is 7.93. The van der Waals surface area contributed by atoms with Crippen molar-refractivity contribution in [1.82, 2.24) is 14.5 Å². The molecule has 0 amide bonds. The number of fused-ring (bicyclic) bond motifs is 1. The summed E-state index contributed by atoms with van der Waals surface area (Å²) in [5, 5.41) is 0.712. The Bertz CT molecular complexity index is 1020. The SMILES string of the molecule is COc1ccc(Cn2c(=O)c(C(C)=O)c(C)c3cnc(C)nc32)cc1. The largest absolute Gasteiger partial charge is 0.497 e. The third-order valence-corrected chi connectivity index (χ3v) is 4.23. The number of benzene rings is 1. The van der Waals surface area contributed by atoms with Crippen LogP contribution in [-0.4, -0.2) is 27.4 Å². The van der Waals surface area contributed by atoms with Crippen LogP contribution >= 0.6 is 0 Å². The van der Waals surface area contributed by atoms with Gasteiger partial charge in [0.05, 0.1) is 19.2 Å². The van der Waals surface area contributed by atoms with Crippen molar-refractivity contribution in [3.63, 3.8) is 0 Å². The third-order valence-electron chi connectivity index (χ3n) is 4.23. The van der Waals surface area contributed by atoms with Gasteiger partial charge < -0.3 is 4.74 Å². The molecule has 3 aromatic rings.